The van der Waals surface area contributed by atoms with Gasteiger partial charge in [0.15, 0.2) is 0 Å². The summed E-state index contributed by atoms with van der Waals surface area (Å²) in [5.41, 5.74) is 0.0676. The summed E-state index contributed by atoms with van der Waals surface area (Å²) in [7, 11) is -3.96. The lowest BCUT2D eigenvalue weighted by Crippen LogP contribution is -2.55. The minimum absolute atomic E-state index is 0.00292. The molecule has 0 amide bonds. The minimum atomic E-state index is -3.96. The summed E-state index contributed by atoms with van der Waals surface area (Å²) >= 11 is 0. The van der Waals surface area contributed by atoms with E-state index in [1.54, 1.807) is 0 Å². The normalized spacial score (nSPS) is 45.6. The first-order valence-corrected chi connectivity index (χ1v) is 7.88. The zero-order valence-corrected chi connectivity index (χ0v) is 12.1. The van der Waals surface area contributed by atoms with Crippen LogP contribution in [0.3, 0.4) is 0 Å². The van der Waals surface area contributed by atoms with Crippen LogP contribution in [0.1, 0.15) is 59.8 Å². The average molecular weight is 260 g/mol. The molecule has 3 nitrogen and oxygen atoms in total. The van der Waals surface area contributed by atoms with Crippen molar-refractivity contribution in [1.82, 2.24) is 0 Å². The second-order valence-corrected chi connectivity index (χ2v) is 9.49. The van der Waals surface area contributed by atoms with Crippen LogP contribution in [0.4, 0.5) is 0 Å². The van der Waals surface area contributed by atoms with Gasteiger partial charge in [-0.15, -0.1) is 0 Å². The van der Waals surface area contributed by atoms with Crippen molar-refractivity contribution in [1.29, 1.82) is 0 Å². The summed E-state index contributed by atoms with van der Waals surface area (Å²) in [5, 5.41) is 0. The summed E-state index contributed by atoms with van der Waals surface area (Å²) in [5.74, 6) is 0.381. The predicted octanol–water partition coefficient (Wildman–Crippen LogP) is 3.26. The lowest BCUT2D eigenvalue weighted by molar-refractivity contribution is 0.00158. The molecule has 2 rings (SSSR count). The minimum Gasteiger partial charge on any atom is -0.285 e. The topological polar surface area (TPSA) is 54.4 Å². The van der Waals surface area contributed by atoms with Gasteiger partial charge >= 0.3 is 0 Å². The van der Waals surface area contributed by atoms with Gasteiger partial charge in [-0.05, 0) is 48.9 Å². The molecule has 0 heterocycles. The van der Waals surface area contributed by atoms with E-state index in [2.05, 4.69) is 27.7 Å². The highest BCUT2D eigenvalue weighted by atomic mass is 32.2. The van der Waals surface area contributed by atoms with Crippen LogP contribution in [-0.4, -0.2) is 17.7 Å². The summed E-state index contributed by atoms with van der Waals surface area (Å²) in [6.07, 6.45) is 3.98. The summed E-state index contributed by atoms with van der Waals surface area (Å²) < 4.78 is 32.5. The van der Waals surface area contributed by atoms with Gasteiger partial charge in [-0.1, -0.05) is 27.7 Å². The average Bonchev–Trinajstić information content (AvgIpc) is 1.92. The van der Waals surface area contributed by atoms with Crippen molar-refractivity contribution in [3.05, 3.63) is 0 Å². The van der Waals surface area contributed by atoms with Crippen LogP contribution >= 0.6 is 0 Å². The molecule has 100 valence electrons. The SMILES string of the molecule is CC1CC2(C)CC(C)(C)CC(S(=O)(=O)O)(C1)C2. The molecule has 0 aromatic carbocycles. The Morgan fingerprint density at radius 2 is 1.65 bits per heavy atom. The van der Waals surface area contributed by atoms with Crippen molar-refractivity contribution in [2.75, 3.05) is 0 Å². The lowest BCUT2D eigenvalue weighted by Gasteiger charge is -2.56. The lowest BCUT2D eigenvalue weighted by atomic mass is 9.53. The monoisotopic (exact) mass is 260 g/mol. The molecule has 3 atom stereocenters. The van der Waals surface area contributed by atoms with E-state index < -0.39 is 14.9 Å². The molecule has 0 aliphatic heterocycles. The fraction of sp³-hybridized carbons (Fsp3) is 1.00. The van der Waals surface area contributed by atoms with E-state index in [-0.39, 0.29) is 10.8 Å². The van der Waals surface area contributed by atoms with Crippen LogP contribution in [0.2, 0.25) is 0 Å². The fourth-order valence-electron chi connectivity index (χ4n) is 5.12. The second-order valence-electron chi connectivity index (χ2n) is 7.68. The quantitative estimate of drug-likeness (QED) is 0.736. The molecule has 0 radical (unpaired) electrons. The van der Waals surface area contributed by atoms with Gasteiger partial charge in [0.05, 0.1) is 4.75 Å². The van der Waals surface area contributed by atoms with E-state index in [0.29, 0.717) is 25.2 Å². The molecule has 2 fully saturated rings. The molecule has 4 heteroatoms. The number of hydrogen-bond donors (Lipinski definition) is 1. The highest BCUT2D eigenvalue weighted by Crippen LogP contribution is 2.60. The Hall–Kier alpha value is -0.0900. The number of fused-ring (bicyclic) bond motifs is 2. The summed E-state index contributed by atoms with van der Waals surface area (Å²) in [6.45, 7) is 8.54. The predicted molar refractivity (Wildman–Crippen MR) is 68.4 cm³/mol. The largest absolute Gasteiger partial charge is 0.285 e. The van der Waals surface area contributed by atoms with Crippen molar-refractivity contribution in [2.24, 2.45) is 16.7 Å². The van der Waals surface area contributed by atoms with Crippen molar-refractivity contribution < 1.29 is 13.0 Å². The zero-order chi connectivity index (χ0) is 13.1. The molecule has 0 aromatic rings. The Morgan fingerprint density at radius 3 is 2.18 bits per heavy atom. The third-order valence-electron chi connectivity index (χ3n) is 4.56. The Balaban J connectivity index is 2.49. The molecular formula is C13H24O3S. The van der Waals surface area contributed by atoms with Crippen LogP contribution in [-0.2, 0) is 10.1 Å². The van der Waals surface area contributed by atoms with Crippen LogP contribution in [0.5, 0.6) is 0 Å². The van der Waals surface area contributed by atoms with E-state index in [0.717, 1.165) is 12.8 Å². The molecule has 0 spiro atoms. The van der Waals surface area contributed by atoms with Crippen molar-refractivity contribution >= 4 is 10.1 Å². The van der Waals surface area contributed by atoms with Crippen LogP contribution in [0.25, 0.3) is 0 Å². The number of rotatable bonds is 1. The van der Waals surface area contributed by atoms with Gasteiger partial charge in [-0.3, -0.25) is 4.55 Å². The molecule has 2 saturated carbocycles. The van der Waals surface area contributed by atoms with Gasteiger partial charge in [0, 0.05) is 0 Å². The summed E-state index contributed by atoms with van der Waals surface area (Å²) in [4.78, 5) is 0. The maximum Gasteiger partial charge on any atom is 0.270 e. The highest BCUT2D eigenvalue weighted by molar-refractivity contribution is 7.87. The van der Waals surface area contributed by atoms with E-state index >= 15 is 0 Å². The zero-order valence-electron chi connectivity index (χ0n) is 11.3. The molecule has 0 aromatic heterocycles. The molecule has 2 aliphatic rings. The first-order chi connectivity index (χ1) is 7.47. The first-order valence-electron chi connectivity index (χ1n) is 6.44. The highest BCUT2D eigenvalue weighted by Gasteiger charge is 2.58. The molecule has 2 aliphatic carbocycles. The first kappa shape index (κ1) is 13.3. The Bertz CT molecular complexity index is 422. The standard InChI is InChI=1S/C13H24O3S/c1-10-5-12(4)7-11(2,3)8-13(6-10,9-12)17(14,15)16/h10H,5-9H2,1-4H3,(H,14,15,16). The van der Waals surface area contributed by atoms with E-state index in [4.69, 9.17) is 0 Å². The van der Waals surface area contributed by atoms with Crippen LogP contribution in [0.15, 0.2) is 0 Å². The molecule has 17 heavy (non-hydrogen) atoms. The maximum absolute atomic E-state index is 11.8. The van der Waals surface area contributed by atoms with Crippen molar-refractivity contribution in [3.63, 3.8) is 0 Å². The molecule has 1 N–H and O–H groups in total. The molecule has 0 saturated heterocycles. The molecule has 3 unspecified atom stereocenters. The van der Waals surface area contributed by atoms with Gasteiger partial charge in [0.25, 0.3) is 10.1 Å². The Morgan fingerprint density at radius 1 is 1.06 bits per heavy atom. The number of hydrogen-bond acceptors (Lipinski definition) is 2. The third kappa shape index (κ3) is 2.26. The van der Waals surface area contributed by atoms with Gasteiger partial charge in [-0.25, -0.2) is 0 Å². The van der Waals surface area contributed by atoms with Gasteiger partial charge in [0.1, 0.15) is 0 Å². The van der Waals surface area contributed by atoms with E-state index in [9.17, 15) is 13.0 Å². The Kier molecular flexibility index (Phi) is 2.73. The Labute approximate surface area is 105 Å². The molecule has 2 bridgehead atoms. The van der Waals surface area contributed by atoms with Crippen LogP contribution < -0.4 is 0 Å². The van der Waals surface area contributed by atoms with Gasteiger partial charge in [0.2, 0.25) is 0 Å². The third-order valence-corrected chi connectivity index (χ3v) is 6.11. The van der Waals surface area contributed by atoms with Crippen molar-refractivity contribution in [2.45, 2.75) is 64.5 Å². The van der Waals surface area contributed by atoms with Crippen molar-refractivity contribution in [3.8, 4) is 0 Å². The van der Waals surface area contributed by atoms with E-state index in [1.165, 1.54) is 0 Å². The van der Waals surface area contributed by atoms with Gasteiger partial charge < -0.3 is 0 Å². The second kappa shape index (κ2) is 3.47. The smallest absolute Gasteiger partial charge is 0.270 e. The van der Waals surface area contributed by atoms with Crippen LogP contribution in [0, 0.1) is 16.7 Å². The maximum atomic E-state index is 11.8. The fourth-order valence-corrected chi connectivity index (χ4v) is 6.72. The van der Waals surface area contributed by atoms with E-state index in [1.807, 2.05) is 0 Å². The van der Waals surface area contributed by atoms with Gasteiger partial charge in [-0.2, -0.15) is 8.42 Å². The summed E-state index contributed by atoms with van der Waals surface area (Å²) in [6, 6.07) is 0. The molecular weight excluding hydrogens is 236 g/mol.